The number of aliphatic hydroxyl groups is 2. The molecule has 0 aromatic heterocycles. The van der Waals surface area contributed by atoms with Crippen molar-refractivity contribution in [2.75, 3.05) is 49.2 Å². The molecule has 16 nitrogen and oxygen atoms in total. The molecule has 20 heteroatoms. The minimum Gasteiger partial charge on any atom is -0.490 e. The van der Waals surface area contributed by atoms with Crippen LogP contribution < -0.4 is 38.2 Å². The minimum absolute atomic E-state index is 0.114. The lowest BCUT2D eigenvalue weighted by Gasteiger charge is -2.45. The van der Waals surface area contributed by atoms with Gasteiger partial charge in [0.25, 0.3) is 11.8 Å². The van der Waals surface area contributed by atoms with E-state index in [1.165, 1.54) is 22.3 Å². The van der Waals surface area contributed by atoms with E-state index in [1.807, 2.05) is 38.1 Å². The normalized spacial score (nSPS) is 32.0. The zero-order chi connectivity index (χ0) is 57.6. The van der Waals surface area contributed by atoms with Crippen LogP contribution in [0.5, 0.6) is 11.5 Å². The Kier molecular flexibility index (Phi) is 17.2. The predicted octanol–water partition coefficient (Wildman–Crippen LogP) is 9.01. The van der Waals surface area contributed by atoms with Gasteiger partial charge in [-0.2, -0.15) is 26.3 Å². The third-order valence-corrected chi connectivity index (χ3v) is 21.6. The van der Waals surface area contributed by atoms with Crippen LogP contribution in [0.1, 0.15) is 134 Å². The van der Waals surface area contributed by atoms with Crippen molar-refractivity contribution >= 4 is 66.8 Å². The molecule has 2 spiro atoms. The smallest absolute Gasteiger partial charge is 0.301 e. The maximum Gasteiger partial charge on any atom is 0.301 e. The second-order valence-corrected chi connectivity index (χ2v) is 28.0. The van der Waals surface area contributed by atoms with Gasteiger partial charge in [0.05, 0.1) is 36.8 Å². The number of carbonyl (C=O) groups is 2. The van der Waals surface area contributed by atoms with E-state index in [0.717, 1.165) is 85.6 Å². The second kappa shape index (κ2) is 24.1. The number of nitrogens with zero attached hydrogens (tertiary/aromatic N) is 2. The first kappa shape index (κ1) is 58.6. The molecular formula is C62H76Cl2N6O10S2. The van der Waals surface area contributed by atoms with Crippen LogP contribution in [-0.4, -0.2) is 103 Å². The highest BCUT2D eigenvalue weighted by atomic mass is 35.5. The Balaban J connectivity index is 0.000000172. The first-order chi connectivity index (χ1) is 39.3. The minimum atomic E-state index is -4.09. The molecule has 4 aliphatic heterocycles. The zero-order valence-corrected chi connectivity index (χ0v) is 49.8. The largest absolute Gasteiger partial charge is 0.490 e. The number of carbonyl (C=O) groups excluding carboxylic acids is 2. The SMILES string of the molecule is CC[C@H]1C/C=C/[C@H](O)[C@@H]2CC[C@H]2CN2C[C@@]3(CCCc4cc(Cl)ccc43)COc3ccc(cc32)C(=O)NS(=O)(=O)N1.CC[C@H]1C/C=C/[C@H](O)[C@@H]2CC[C@H]2CN2C[C@@]3(CCCc4cc(Cl)ccc43)COc3ccc(cc32)C(=O)NS(=O)(=O)N1. The molecule has 8 aliphatic rings. The quantitative estimate of drug-likeness (QED) is 0.104. The summed E-state index contributed by atoms with van der Waals surface area (Å²) >= 11 is 12.7. The monoisotopic (exact) mass is 1200 g/mol. The van der Waals surface area contributed by atoms with Crippen molar-refractivity contribution in [2.45, 2.75) is 139 Å². The van der Waals surface area contributed by atoms with Crippen molar-refractivity contribution in [3.05, 3.63) is 141 Å². The molecule has 2 fully saturated rings. The van der Waals surface area contributed by atoms with Gasteiger partial charge in [-0.3, -0.25) is 9.59 Å². The van der Waals surface area contributed by atoms with Crippen molar-refractivity contribution in [1.29, 1.82) is 0 Å². The van der Waals surface area contributed by atoms with E-state index in [9.17, 15) is 36.6 Å². The average Bonchev–Trinajstić information content (AvgIpc) is 2.70. The van der Waals surface area contributed by atoms with Gasteiger partial charge in [0.2, 0.25) is 0 Å². The average molecular weight is 1200 g/mol. The van der Waals surface area contributed by atoms with Crippen LogP contribution in [0.25, 0.3) is 0 Å². The van der Waals surface area contributed by atoms with Crippen molar-refractivity contribution in [3.8, 4) is 11.5 Å². The van der Waals surface area contributed by atoms with Crippen LogP contribution in [0.2, 0.25) is 10.0 Å². The summed E-state index contributed by atoms with van der Waals surface area (Å²) in [5, 5.41) is 23.6. The van der Waals surface area contributed by atoms with Crippen molar-refractivity contribution in [1.82, 2.24) is 18.9 Å². The molecule has 0 radical (unpaired) electrons. The van der Waals surface area contributed by atoms with Crippen molar-refractivity contribution < 1.29 is 46.1 Å². The summed E-state index contributed by atoms with van der Waals surface area (Å²) in [4.78, 5) is 31.0. The molecule has 4 bridgehead atoms. The van der Waals surface area contributed by atoms with Gasteiger partial charge in [-0.15, -0.1) is 0 Å². The van der Waals surface area contributed by atoms with Gasteiger partial charge in [-0.05, 0) is 196 Å². The van der Waals surface area contributed by atoms with E-state index >= 15 is 0 Å². The lowest BCUT2D eigenvalue weighted by atomic mass is 9.68. The number of aliphatic hydroxyl groups excluding tert-OH is 2. The fourth-order valence-corrected chi connectivity index (χ4v) is 16.8. The van der Waals surface area contributed by atoms with Crippen LogP contribution in [0.3, 0.4) is 0 Å². The van der Waals surface area contributed by atoms with Gasteiger partial charge in [-0.1, -0.05) is 73.5 Å². The highest BCUT2D eigenvalue weighted by molar-refractivity contribution is 7.88. The maximum atomic E-state index is 13.2. The molecule has 2 saturated carbocycles. The van der Waals surface area contributed by atoms with E-state index in [0.29, 0.717) is 76.6 Å². The standard InChI is InChI=1S/2C31H38ClN3O5S/c2*1-2-24-6-3-7-28(36)25-11-8-22(25)17-35-18-31(14-4-5-20-15-23(32)10-12-26(20)31)19-40-29-13-9-21(16-27(29)35)30(37)34-41(38,39)33-24/h2*3,7,9-10,12-13,15-16,22,24-25,28,33,36H,2,4-6,8,11,14,17-19H2,1H3,(H,34,37)/b2*7-3+/t2*22-,24-,25+,28-,31-/m00/s1. The number of hydrogen-bond donors (Lipinski definition) is 6. The molecular weight excluding hydrogens is 1120 g/mol. The van der Waals surface area contributed by atoms with E-state index in [2.05, 4.69) is 53.0 Å². The van der Waals surface area contributed by atoms with E-state index in [1.54, 1.807) is 48.6 Å². The van der Waals surface area contributed by atoms with Crippen LogP contribution in [0.15, 0.2) is 97.1 Å². The Morgan fingerprint density at radius 3 is 1.41 bits per heavy atom. The third-order valence-electron chi connectivity index (χ3n) is 18.9. The Morgan fingerprint density at radius 2 is 1.02 bits per heavy atom. The van der Waals surface area contributed by atoms with Gasteiger partial charge in [0.15, 0.2) is 0 Å². The van der Waals surface area contributed by atoms with Crippen molar-refractivity contribution in [2.24, 2.45) is 23.7 Å². The molecule has 12 rings (SSSR count). The number of hydrogen-bond acceptors (Lipinski definition) is 12. The summed E-state index contributed by atoms with van der Waals surface area (Å²) in [6, 6.07) is 21.8. The van der Waals surface area contributed by atoms with Gasteiger partial charge in [-0.25, -0.2) is 9.44 Å². The summed E-state index contributed by atoms with van der Waals surface area (Å²) in [7, 11) is -8.19. The second-order valence-electron chi connectivity index (χ2n) is 24.2. The first-order valence-corrected chi connectivity index (χ1v) is 33.0. The molecule has 82 heavy (non-hydrogen) atoms. The molecule has 4 heterocycles. The summed E-state index contributed by atoms with van der Waals surface area (Å²) in [5.41, 5.74) is 6.52. The Labute approximate surface area is 492 Å². The summed E-state index contributed by atoms with van der Waals surface area (Å²) in [5.74, 6) is 0.742. The third kappa shape index (κ3) is 12.5. The molecule has 4 aromatic rings. The number of anilines is 2. The Morgan fingerprint density at radius 1 is 0.598 bits per heavy atom. The highest BCUT2D eigenvalue weighted by Crippen LogP contribution is 2.49. The van der Waals surface area contributed by atoms with Crippen molar-refractivity contribution in [3.63, 3.8) is 0 Å². The summed E-state index contributed by atoms with van der Waals surface area (Å²) in [6.45, 7) is 7.54. The van der Waals surface area contributed by atoms with Gasteiger partial charge in [0, 0.05) is 70.3 Å². The zero-order valence-electron chi connectivity index (χ0n) is 46.6. The highest BCUT2D eigenvalue weighted by Gasteiger charge is 2.46. The molecule has 2 amide bonds. The maximum absolute atomic E-state index is 13.2. The predicted molar refractivity (Wildman–Crippen MR) is 320 cm³/mol. The molecule has 6 N–H and O–H groups in total. The number of benzene rings is 4. The van der Waals surface area contributed by atoms with E-state index < -0.39 is 56.5 Å². The van der Waals surface area contributed by atoms with E-state index in [4.69, 9.17) is 32.7 Å². The molecule has 4 aromatic carbocycles. The van der Waals surface area contributed by atoms with Crippen LogP contribution in [-0.2, 0) is 44.1 Å². The van der Waals surface area contributed by atoms with E-state index in [-0.39, 0.29) is 45.6 Å². The van der Waals surface area contributed by atoms with Gasteiger partial charge >= 0.3 is 20.4 Å². The van der Waals surface area contributed by atoms with Crippen LogP contribution in [0, 0.1) is 23.7 Å². The lowest BCUT2D eigenvalue weighted by molar-refractivity contribution is 0.0454. The molecule has 440 valence electrons. The Bertz CT molecular complexity index is 3150. The molecule has 4 aliphatic carbocycles. The summed E-state index contributed by atoms with van der Waals surface area (Å²) in [6.07, 6.45) is 17.9. The number of amides is 2. The fourth-order valence-electron chi connectivity index (χ4n) is 14.1. The number of nitrogens with one attached hydrogen (secondary N) is 4. The van der Waals surface area contributed by atoms with Gasteiger partial charge in [0.1, 0.15) is 11.5 Å². The number of ether oxygens (including phenoxy) is 2. The number of aryl methyl sites for hydroxylation is 2. The van der Waals surface area contributed by atoms with Crippen LogP contribution in [0.4, 0.5) is 11.4 Å². The molecule has 10 atom stereocenters. The number of rotatable bonds is 2. The fraction of sp³-hybridized carbons (Fsp3) is 0.516. The lowest BCUT2D eigenvalue weighted by Crippen LogP contribution is -2.49. The molecule has 0 unspecified atom stereocenters. The van der Waals surface area contributed by atoms with Gasteiger partial charge < -0.3 is 29.5 Å². The topological polar surface area (TPSA) is 216 Å². The molecule has 0 saturated heterocycles. The first-order valence-electron chi connectivity index (χ1n) is 29.3. The number of halogens is 2. The number of fused-ring (bicyclic) bond motifs is 8. The van der Waals surface area contributed by atoms with Crippen LogP contribution >= 0.6 is 23.2 Å². The summed E-state index contributed by atoms with van der Waals surface area (Å²) < 4.78 is 73.9. The Hall–Kier alpha value is -5.18.